The molecule has 9 nitrogen and oxygen atoms in total. The van der Waals surface area contributed by atoms with Gasteiger partial charge in [-0.25, -0.2) is 0 Å². The number of nitrogens with zero attached hydrogens (tertiary/aromatic N) is 1. The first-order valence-corrected chi connectivity index (χ1v) is 11.9. The Bertz CT molecular complexity index is 1220. The van der Waals surface area contributed by atoms with Crippen LogP contribution in [-0.4, -0.2) is 61.6 Å². The fourth-order valence-electron chi connectivity index (χ4n) is 4.39. The first-order chi connectivity index (χ1) is 17.1. The Labute approximate surface area is 208 Å². The molecule has 4 heterocycles. The van der Waals surface area contributed by atoms with Gasteiger partial charge in [0.15, 0.2) is 5.75 Å². The van der Waals surface area contributed by atoms with Crippen LogP contribution in [0.3, 0.4) is 0 Å². The number of methoxy groups -OCH3 is 1. The highest BCUT2D eigenvalue weighted by atomic mass is 35.5. The molecule has 0 spiro atoms. The van der Waals surface area contributed by atoms with Gasteiger partial charge in [-0.1, -0.05) is 17.7 Å². The zero-order valence-corrected chi connectivity index (χ0v) is 20.3. The SMILES string of the molecule is COc1c(Cl)cccc1Nc1c(-c2ccncc2O[C@H](C)C2COCCO2)[nH]c2c1C(=O)NCC2. The topological polar surface area (TPSA) is 107 Å². The lowest BCUT2D eigenvalue weighted by Gasteiger charge is -2.29. The average Bonchev–Trinajstić information content (AvgIpc) is 3.24. The summed E-state index contributed by atoms with van der Waals surface area (Å²) in [7, 11) is 1.56. The van der Waals surface area contributed by atoms with Crippen LogP contribution in [-0.2, 0) is 15.9 Å². The molecule has 0 bridgehead atoms. The summed E-state index contributed by atoms with van der Waals surface area (Å²) in [5.41, 5.74) is 4.10. The van der Waals surface area contributed by atoms with Crippen LogP contribution in [0.25, 0.3) is 11.3 Å². The van der Waals surface area contributed by atoms with Crippen molar-refractivity contribution in [1.29, 1.82) is 0 Å². The molecule has 2 aliphatic heterocycles. The first-order valence-electron chi connectivity index (χ1n) is 11.5. The first kappa shape index (κ1) is 23.5. The number of carbonyl (C=O) groups is 1. The molecule has 35 heavy (non-hydrogen) atoms. The normalized spacial score (nSPS) is 18.4. The lowest BCUT2D eigenvalue weighted by atomic mass is 10.0. The summed E-state index contributed by atoms with van der Waals surface area (Å²) in [4.78, 5) is 20.7. The van der Waals surface area contributed by atoms with Crippen molar-refractivity contribution < 1.29 is 23.7 Å². The van der Waals surface area contributed by atoms with Gasteiger partial charge in [-0.15, -0.1) is 0 Å². The molecule has 10 heteroatoms. The third kappa shape index (κ3) is 4.67. The van der Waals surface area contributed by atoms with Gasteiger partial charge < -0.3 is 34.6 Å². The maximum Gasteiger partial charge on any atom is 0.255 e. The summed E-state index contributed by atoms with van der Waals surface area (Å²) in [5.74, 6) is 0.893. The predicted molar refractivity (Wildman–Crippen MR) is 132 cm³/mol. The number of anilines is 2. The van der Waals surface area contributed by atoms with Gasteiger partial charge in [-0.2, -0.15) is 0 Å². The Morgan fingerprint density at radius 3 is 2.97 bits per heavy atom. The second-order valence-corrected chi connectivity index (χ2v) is 8.77. The Kier molecular flexibility index (Phi) is 6.81. The molecule has 1 unspecified atom stereocenters. The fourth-order valence-corrected chi connectivity index (χ4v) is 4.64. The molecule has 3 N–H and O–H groups in total. The van der Waals surface area contributed by atoms with Gasteiger partial charge in [-0.3, -0.25) is 9.78 Å². The minimum absolute atomic E-state index is 0.158. The van der Waals surface area contributed by atoms with E-state index in [1.165, 1.54) is 0 Å². The van der Waals surface area contributed by atoms with Crippen LogP contribution in [0.2, 0.25) is 5.02 Å². The average molecular weight is 499 g/mol. The van der Waals surface area contributed by atoms with E-state index >= 15 is 0 Å². The quantitative estimate of drug-likeness (QED) is 0.452. The van der Waals surface area contributed by atoms with E-state index in [-0.39, 0.29) is 18.1 Å². The second kappa shape index (κ2) is 10.2. The summed E-state index contributed by atoms with van der Waals surface area (Å²) >= 11 is 6.35. The number of aromatic amines is 1. The van der Waals surface area contributed by atoms with Gasteiger partial charge in [0.1, 0.15) is 18.0 Å². The molecule has 184 valence electrons. The number of ether oxygens (including phenoxy) is 4. The monoisotopic (exact) mass is 498 g/mol. The number of nitrogens with one attached hydrogen (secondary N) is 3. The van der Waals surface area contributed by atoms with Crippen molar-refractivity contribution in [3.05, 3.63) is 52.9 Å². The number of amides is 1. The van der Waals surface area contributed by atoms with E-state index < -0.39 is 0 Å². The third-order valence-corrected chi connectivity index (χ3v) is 6.43. The van der Waals surface area contributed by atoms with Crippen LogP contribution in [0.5, 0.6) is 11.5 Å². The number of hydrogen-bond acceptors (Lipinski definition) is 7. The zero-order chi connectivity index (χ0) is 24.4. The van der Waals surface area contributed by atoms with Crippen LogP contribution in [0.15, 0.2) is 36.7 Å². The van der Waals surface area contributed by atoms with E-state index in [2.05, 4.69) is 20.6 Å². The van der Waals surface area contributed by atoms with Crippen molar-refractivity contribution in [2.45, 2.75) is 25.6 Å². The standard InChI is InChI=1S/C25H27ClN4O5/c1-14(20-13-33-10-11-34-20)35-19-12-27-8-6-15(19)22-23(21-17(29-22)7-9-28-25(21)31)30-18-5-3-4-16(26)24(18)32-2/h3-6,8,12,14,20,29-30H,7,9-11,13H2,1-2H3,(H,28,31)/t14-,20?/m1/s1. The van der Waals surface area contributed by atoms with Crippen molar-refractivity contribution in [3.63, 3.8) is 0 Å². The van der Waals surface area contributed by atoms with Gasteiger partial charge in [0, 0.05) is 30.4 Å². The number of benzene rings is 1. The van der Waals surface area contributed by atoms with Crippen LogP contribution >= 0.6 is 11.6 Å². The van der Waals surface area contributed by atoms with Crippen molar-refractivity contribution in [3.8, 4) is 22.8 Å². The molecule has 1 fully saturated rings. The number of H-pyrrole nitrogens is 1. The van der Waals surface area contributed by atoms with E-state index in [9.17, 15) is 4.79 Å². The highest BCUT2D eigenvalue weighted by Crippen LogP contribution is 2.43. The molecule has 0 saturated carbocycles. The summed E-state index contributed by atoms with van der Waals surface area (Å²) in [6.45, 7) is 4.08. The fraction of sp³-hybridized carbons (Fsp3) is 0.360. The zero-order valence-electron chi connectivity index (χ0n) is 19.5. The number of rotatable bonds is 7. The van der Waals surface area contributed by atoms with E-state index in [0.29, 0.717) is 71.9 Å². The largest absolute Gasteiger partial charge is 0.493 e. The molecule has 2 aliphatic rings. The summed E-state index contributed by atoms with van der Waals surface area (Å²) in [6.07, 6.45) is 3.58. The molecule has 0 aliphatic carbocycles. The minimum Gasteiger partial charge on any atom is -0.493 e. The summed E-state index contributed by atoms with van der Waals surface area (Å²) in [5, 5.41) is 6.78. The number of halogens is 1. The maximum atomic E-state index is 12.9. The molecule has 0 radical (unpaired) electrons. The Hall–Kier alpha value is -3.27. The molecule has 1 aromatic carbocycles. The number of pyridine rings is 1. The second-order valence-electron chi connectivity index (χ2n) is 8.36. The van der Waals surface area contributed by atoms with Gasteiger partial charge in [0.05, 0.1) is 60.8 Å². The molecule has 5 rings (SSSR count). The smallest absolute Gasteiger partial charge is 0.255 e. The van der Waals surface area contributed by atoms with Crippen LogP contribution in [0, 0.1) is 0 Å². The number of hydrogen-bond donors (Lipinski definition) is 3. The van der Waals surface area contributed by atoms with E-state index in [4.69, 9.17) is 30.5 Å². The number of carbonyl (C=O) groups excluding carboxylic acids is 1. The molecule has 1 amide bonds. The maximum absolute atomic E-state index is 12.9. The molecule has 2 atom stereocenters. The minimum atomic E-state index is -0.268. The van der Waals surface area contributed by atoms with Gasteiger partial charge in [-0.05, 0) is 25.1 Å². The van der Waals surface area contributed by atoms with Crippen molar-refractivity contribution in [1.82, 2.24) is 15.3 Å². The molecular formula is C25H27ClN4O5. The number of para-hydroxylation sites is 1. The van der Waals surface area contributed by atoms with E-state index in [0.717, 1.165) is 11.3 Å². The Morgan fingerprint density at radius 1 is 1.29 bits per heavy atom. The van der Waals surface area contributed by atoms with Crippen molar-refractivity contribution in [2.75, 3.05) is 38.8 Å². The number of fused-ring (bicyclic) bond motifs is 1. The van der Waals surface area contributed by atoms with Crippen LogP contribution in [0.4, 0.5) is 11.4 Å². The molecular weight excluding hydrogens is 472 g/mol. The van der Waals surface area contributed by atoms with E-state index in [1.54, 1.807) is 25.6 Å². The molecule has 2 aromatic heterocycles. The summed E-state index contributed by atoms with van der Waals surface area (Å²) in [6, 6.07) is 7.27. The van der Waals surface area contributed by atoms with E-state index in [1.807, 2.05) is 25.1 Å². The van der Waals surface area contributed by atoms with Gasteiger partial charge >= 0.3 is 0 Å². The Balaban J connectivity index is 1.57. The molecule has 1 saturated heterocycles. The highest BCUT2D eigenvalue weighted by Gasteiger charge is 2.30. The third-order valence-electron chi connectivity index (χ3n) is 6.13. The Morgan fingerprint density at radius 2 is 2.17 bits per heavy atom. The summed E-state index contributed by atoms with van der Waals surface area (Å²) < 4.78 is 23.2. The predicted octanol–water partition coefficient (Wildman–Crippen LogP) is 3.95. The highest BCUT2D eigenvalue weighted by molar-refractivity contribution is 6.32. The van der Waals surface area contributed by atoms with Gasteiger partial charge in [0.2, 0.25) is 0 Å². The molecule has 3 aromatic rings. The lowest BCUT2D eigenvalue weighted by Crippen LogP contribution is -2.40. The van der Waals surface area contributed by atoms with Crippen LogP contribution in [0.1, 0.15) is 23.0 Å². The van der Waals surface area contributed by atoms with Gasteiger partial charge in [0.25, 0.3) is 5.91 Å². The van der Waals surface area contributed by atoms with Crippen LogP contribution < -0.4 is 20.1 Å². The van der Waals surface area contributed by atoms with Crippen molar-refractivity contribution in [2.24, 2.45) is 0 Å². The number of aromatic nitrogens is 2. The van der Waals surface area contributed by atoms with Crippen molar-refractivity contribution >= 4 is 28.9 Å². The lowest BCUT2D eigenvalue weighted by molar-refractivity contribution is -0.122.